The molecule has 0 aliphatic carbocycles. The molecule has 1 aromatic carbocycles. The van der Waals surface area contributed by atoms with Crippen molar-refractivity contribution in [1.82, 2.24) is 0 Å². The minimum Gasteiger partial charge on any atom is -0.469 e. The lowest BCUT2D eigenvalue weighted by molar-refractivity contribution is -0.144. The topological polar surface area (TPSA) is 26.3 Å². The highest BCUT2D eigenvalue weighted by molar-refractivity contribution is 5.72. The highest BCUT2D eigenvalue weighted by Gasteiger charge is 2.13. The predicted octanol–water partition coefficient (Wildman–Crippen LogP) is 2.18. The van der Waals surface area contributed by atoms with Gasteiger partial charge in [0.05, 0.1) is 13.0 Å². The summed E-state index contributed by atoms with van der Waals surface area (Å²) in [6, 6.07) is 6.13. The Morgan fingerprint density at radius 1 is 1.43 bits per heavy atom. The molecule has 0 radical (unpaired) electrons. The molecule has 0 saturated heterocycles. The zero-order chi connectivity index (χ0) is 10.6. The van der Waals surface area contributed by atoms with E-state index < -0.39 is 0 Å². The van der Waals surface area contributed by atoms with Crippen LogP contribution >= 0.6 is 0 Å². The van der Waals surface area contributed by atoms with E-state index >= 15 is 0 Å². The van der Waals surface area contributed by atoms with Crippen molar-refractivity contribution in [3.63, 3.8) is 0 Å². The normalized spacial score (nSPS) is 12.2. The van der Waals surface area contributed by atoms with E-state index in [1.807, 2.05) is 0 Å². The third-order valence-corrected chi connectivity index (χ3v) is 2.06. The monoisotopic (exact) mass is 196 g/mol. The van der Waals surface area contributed by atoms with Crippen LogP contribution < -0.4 is 0 Å². The van der Waals surface area contributed by atoms with Crippen molar-refractivity contribution in [3.8, 4) is 0 Å². The van der Waals surface area contributed by atoms with Crippen molar-refractivity contribution in [2.45, 2.75) is 13.3 Å². The van der Waals surface area contributed by atoms with Gasteiger partial charge in [-0.05, 0) is 24.1 Å². The van der Waals surface area contributed by atoms with E-state index in [-0.39, 0.29) is 17.7 Å². The van der Waals surface area contributed by atoms with Gasteiger partial charge in [0, 0.05) is 0 Å². The molecule has 1 rings (SSSR count). The number of halogens is 1. The SMILES string of the molecule is COC(=O)[C@@H](C)Cc1ccc(F)cc1. The molecule has 0 fully saturated rings. The fourth-order valence-corrected chi connectivity index (χ4v) is 1.26. The Balaban J connectivity index is 2.60. The van der Waals surface area contributed by atoms with Crippen LogP contribution in [0.1, 0.15) is 12.5 Å². The maximum absolute atomic E-state index is 12.6. The number of hydrogen-bond acceptors (Lipinski definition) is 2. The molecule has 76 valence electrons. The van der Waals surface area contributed by atoms with Crippen LogP contribution in [0.2, 0.25) is 0 Å². The standard InChI is InChI=1S/C11H13FO2/c1-8(11(13)14-2)7-9-3-5-10(12)6-4-9/h3-6,8H,7H2,1-2H3/t8-/m0/s1. The van der Waals surface area contributed by atoms with Crippen LogP contribution in [-0.2, 0) is 16.0 Å². The first-order chi connectivity index (χ1) is 6.63. The smallest absolute Gasteiger partial charge is 0.308 e. The van der Waals surface area contributed by atoms with E-state index in [1.54, 1.807) is 19.1 Å². The molecule has 0 aliphatic heterocycles. The minimum absolute atomic E-state index is 0.189. The number of carbonyl (C=O) groups is 1. The summed E-state index contributed by atoms with van der Waals surface area (Å²) in [6.45, 7) is 1.79. The average Bonchev–Trinajstić information content (AvgIpc) is 2.20. The summed E-state index contributed by atoms with van der Waals surface area (Å²) in [5.74, 6) is -0.695. The van der Waals surface area contributed by atoms with Crippen molar-refractivity contribution >= 4 is 5.97 Å². The highest BCUT2D eigenvalue weighted by Crippen LogP contribution is 2.10. The van der Waals surface area contributed by atoms with Crippen molar-refractivity contribution in [2.75, 3.05) is 7.11 Å². The van der Waals surface area contributed by atoms with Gasteiger partial charge in [-0.1, -0.05) is 19.1 Å². The van der Waals surface area contributed by atoms with Gasteiger partial charge in [0.2, 0.25) is 0 Å². The average molecular weight is 196 g/mol. The lowest BCUT2D eigenvalue weighted by atomic mass is 10.0. The fraction of sp³-hybridized carbons (Fsp3) is 0.364. The van der Waals surface area contributed by atoms with E-state index in [0.29, 0.717) is 6.42 Å². The number of ether oxygens (including phenoxy) is 1. The van der Waals surface area contributed by atoms with Crippen molar-refractivity contribution in [1.29, 1.82) is 0 Å². The first kappa shape index (κ1) is 10.7. The summed E-state index contributed by atoms with van der Waals surface area (Å²) < 4.78 is 17.2. The molecule has 0 aliphatic rings. The Kier molecular flexibility index (Phi) is 3.63. The number of rotatable bonds is 3. The van der Waals surface area contributed by atoms with Gasteiger partial charge in [-0.25, -0.2) is 4.39 Å². The van der Waals surface area contributed by atoms with E-state index in [1.165, 1.54) is 19.2 Å². The van der Waals surface area contributed by atoms with Crippen molar-refractivity contribution in [3.05, 3.63) is 35.6 Å². The summed E-state index contributed by atoms with van der Waals surface area (Å²) in [6.07, 6.45) is 0.576. The molecular weight excluding hydrogens is 183 g/mol. The first-order valence-corrected chi connectivity index (χ1v) is 4.45. The Labute approximate surface area is 82.7 Å². The summed E-state index contributed by atoms with van der Waals surface area (Å²) in [7, 11) is 1.36. The summed E-state index contributed by atoms with van der Waals surface area (Å²) in [5.41, 5.74) is 0.935. The van der Waals surface area contributed by atoms with Gasteiger partial charge < -0.3 is 4.74 Å². The Bertz CT molecular complexity index is 306. The lowest BCUT2D eigenvalue weighted by Gasteiger charge is -2.08. The first-order valence-electron chi connectivity index (χ1n) is 4.45. The van der Waals surface area contributed by atoms with E-state index in [4.69, 9.17) is 0 Å². The largest absolute Gasteiger partial charge is 0.469 e. The highest BCUT2D eigenvalue weighted by atomic mass is 19.1. The number of methoxy groups -OCH3 is 1. The maximum Gasteiger partial charge on any atom is 0.308 e. The van der Waals surface area contributed by atoms with Crippen molar-refractivity contribution in [2.24, 2.45) is 5.92 Å². The second-order valence-corrected chi connectivity index (χ2v) is 3.25. The zero-order valence-corrected chi connectivity index (χ0v) is 8.29. The van der Waals surface area contributed by atoms with Crippen LogP contribution in [0.25, 0.3) is 0 Å². The summed E-state index contributed by atoms with van der Waals surface area (Å²) >= 11 is 0. The van der Waals surface area contributed by atoms with Crippen molar-refractivity contribution < 1.29 is 13.9 Å². The molecule has 3 heteroatoms. The number of benzene rings is 1. The van der Waals surface area contributed by atoms with Gasteiger partial charge in [0.15, 0.2) is 0 Å². The van der Waals surface area contributed by atoms with Gasteiger partial charge in [-0.3, -0.25) is 4.79 Å². The summed E-state index contributed by atoms with van der Waals surface area (Å²) in [5, 5.41) is 0. The second kappa shape index (κ2) is 4.74. The van der Waals surface area contributed by atoms with Crippen LogP contribution in [0, 0.1) is 11.7 Å². The number of esters is 1. The van der Waals surface area contributed by atoms with Gasteiger partial charge in [-0.15, -0.1) is 0 Å². The number of hydrogen-bond donors (Lipinski definition) is 0. The predicted molar refractivity (Wildman–Crippen MR) is 51.3 cm³/mol. The molecule has 14 heavy (non-hydrogen) atoms. The van der Waals surface area contributed by atoms with Gasteiger partial charge in [0.1, 0.15) is 5.82 Å². The molecular formula is C11H13FO2. The third-order valence-electron chi connectivity index (χ3n) is 2.06. The van der Waals surface area contributed by atoms with Crippen LogP contribution in [0.15, 0.2) is 24.3 Å². The van der Waals surface area contributed by atoms with Crippen LogP contribution in [0.4, 0.5) is 4.39 Å². The fourth-order valence-electron chi connectivity index (χ4n) is 1.26. The van der Waals surface area contributed by atoms with E-state index in [9.17, 15) is 9.18 Å². The molecule has 2 nitrogen and oxygen atoms in total. The van der Waals surface area contributed by atoms with Crippen LogP contribution in [0.5, 0.6) is 0 Å². The molecule has 1 atom stereocenters. The number of carbonyl (C=O) groups excluding carboxylic acids is 1. The van der Waals surface area contributed by atoms with E-state index in [2.05, 4.69) is 4.74 Å². The molecule has 0 bridgehead atoms. The Morgan fingerprint density at radius 2 is 2.00 bits per heavy atom. The molecule has 0 saturated carbocycles. The zero-order valence-electron chi connectivity index (χ0n) is 8.29. The molecule has 1 aromatic rings. The Hall–Kier alpha value is -1.38. The quantitative estimate of drug-likeness (QED) is 0.692. The molecule has 0 spiro atoms. The third kappa shape index (κ3) is 2.83. The molecule has 0 unspecified atom stereocenters. The second-order valence-electron chi connectivity index (χ2n) is 3.25. The minimum atomic E-state index is -0.264. The Morgan fingerprint density at radius 3 is 2.50 bits per heavy atom. The van der Waals surface area contributed by atoms with Crippen LogP contribution in [0.3, 0.4) is 0 Å². The van der Waals surface area contributed by atoms with Gasteiger partial charge in [0.25, 0.3) is 0 Å². The molecule has 0 heterocycles. The molecule has 0 amide bonds. The summed E-state index contributed by atoms with van der Waals surface area (Å²) in [4.78, 5) is 11.1. The maximum atomic E-state index is 12.6. The van der Waals surface area contributed by atoms with E-state index in [0.717, 1.165) is 5.56 Å². The lowest BCUT2D eigenvalue weighted by Crippen LogP contribution is -2.14. The molecule has 0 N–H and O–H groups in total. The van der Waals surface area contributed by atoms with Gasteiger partial charge in [-0.2, -0.15) is 0 Å². The van der Waals surface area contributed by atoms with Gasteiger partial charge >= 0.3 is 5.97 Å². The molecule has 0 aromatic heterocycles. The van der Waals surface area contributed by atoms with Crippen LogP contribution in [-0.4, -0.2) is 13.1 Å².